The first-order valence-corrected chi connectivity index (χ1v) is 46.2. The minimum absolute atomic E-state index is 0.0311. The molecule has 133 heavy (non-hydrogen) atoms. The van der Waals surface area contributed by atoms with Crippen molar-refractivity contribution in [2.24, 2.45) is 35.0 Å². The molecule has 40 nitrogen and oxygen atoms in total. The smallest absolute Gasteiger partial charge is 0.303 e. The van der Waals surface area contributed by atoms with Crippen LogP contribution in [0.5, 0.6) is 5.75 Å². The number of primary amides is 2. The number of aromatic hydroxyl groups is 1. The van der Waals surface area contributed by atoms with Crippen LogP contribution >= 0.6 is 11.8 Å². The van der Waals surface area contributed by atoms with E-state index in [1.165, 1.54) is 74.5 Å². The number of amides is 14. The number of aliphatic hydroxyl groups is 1. The Bertz CT molecular complexity index is 5180. The second kappa shape index (κ2) is 49.0. The Morgan fingerprint density at radius 2 is 1.16 bits per heavy atom. The number of rotatable bonds is 25. The molecule has 3 aromatic heterocycles. The Hall–Kier alpha value is -12.9. The van der Waals surface area contributed by atoms with Crippen LogP contribution in [0.25, 0.3) is 21.8 Å². The van der Waals surface area contributed by atoms with Crippen molar-refractivity contribution in [2.75, 3.05) is 51.8 Å². The summed E-state index contributed by atoms with van der Waals surface area (Å²) in [6.45, 7) is 8.75. The standard InChI is InChI=1S/C92H125N19O21S/c1-9-11-21-72-85(125)103-67(34-50(3)4)77(116)39-57(75(114)28-29-78(94)117)47-133-48-80(119)100-70(35-53-23-25-59(112)26-24-53)90(130)107(7)51(5)76(115)38-54(40-79(95)118)89(129)110-33-16-22-73(110)86(126)105-69(41-58-45-96-49-99-58)84(124)102-66(27-30-81(120)121)91(131)111-46-60(113)42-74(111)87(127)104-68(36-55-43-97-63-19-14-12-17-61(55)63)83(123)101-65(31-32-93)82(122)106-71(37-56-44-98-64-20-15-13-18-62(56)64)92(132)109(10-2)52(6)88(128)108(72)8/h12-15,17-20,23-26,43-45,49-52,54,57,60,65-74,97-98,112-113H,9-11,16,21-22,27-42,46-48,93H2,1-8H3,(H2,94,117)(H2,95,118)(H,96,99)(H,100,119)(H,101,123)(H,102,124)(H,103,125)(H,104,127)(H,105,126)(H,106,122)(H,120,121)/t51-,52-,54-,57-,60+,65-,66-,67-,68-,69-,70-,71-,72-,73-,74-/m0/s1. The van der Waals surface area contributed by atoms with Gasteiger partial charge in [-0.1, -0.05) is 82.1 Å². The number of phenols is 1. The second-order valence-electron chi connectivity index (χ2n) is 34.9. The number of phenolic OH excluding ortho intramolecular Hbond substituents is 1. The van der Waals surface area contributed by atoms with E-state index in [1.807, 2.05) is 6.92 Å². The molecule has 9 rings (SSSR count). The summed E-state index contributed by atoms with van der Waals surface area (Å²) >= 11 is 0.896. The minimum atomic E-state index is -1.82. The van der Waals surface area contributed by atoms with Crippen LogP contribution in [0.15, 0.2) is 97.7 Å². The van der Waals surface area contributed by atoms with Gasteiger partial charge >= 0.3 is 5.97 Å². The van der Waals surface area contributed by atoms with Gasteiger partial charge in [0, 0.05) is 162 Å². The van der Waals surface area contributed by atoms with Gasteiger partial charge in [0.1, 0.15) is 72.0 Å². The van der Waals surface area contributed by atoms with Crippen LogP contribution in [-0.4, -0.2) is 296 Å². The number of unbranched alkanes of at least 4 members (excludes halogenated alkanes) is 1. The molecule has 0 radical (unpaired) electrons. The number of hydrogen-bond acceptors (Lipinski definition) is 23. The van der Waals surface area contributed by atoms with Crippen molar-refractivity contribution in [3.05, 3.63) is 120 Å². The molecule has 0 spiro atoms. The van der Waals surface area contributed by atoms with Gasteiger partial charge in [0.05, 0.1) is 36.2 Å². The Kier molecular flexibility index (Phi) is 38.2. The monoisotopic (exact) mass is 1860 g/mol. The summed E-state index contributed by atoms with van der Waals surface area (Å²) in [4.78, 5) is 281. The molecule has 6 aromatic rings. The number of carbonyl (C=O) groups excluding carboxylic acids is 17. The van der Waals surface area contributed by atoms with Gasteiger partial charge in [-0.3, -0.25) is 86.3 Å². The molecular formula is C92H125N19O21S. The number of hydrogen-bond donors (Lipinski definition) is 16. The summed E-state index contributed by atoms with van der Waals surface area (Å²) in [5.74, 6) is -19.9. The zero-order valence-corrected chi connectivity index (χ0v) is 77.0. The largest absolute Gasteiger partial charge is 0.508 e. The molecule has 3 aromatic carbocycles. The SMILES string of the molecule is CCCC[C@H]1C(=O)N[C@@H](CC(C)C)C(=O)C[C@H](C(=O)CCC(N)=O)CSCC(=O)N[C@@H](Cc2ccc(O)cc2)C(=O)N(C)[C@@H](C)C(=O)C[C@@H](CC(N)=O)C(=O)N2CCC[C@H]2C(=O)N[C@@H](Cc2cnc[nH]2)C(=O)N[C@@H](CCC(=O)O)C(=O)N2C[C@H](O)C[C@H]2C(=O)N[C@@H](Cc2c[nH]c3ccccc23)C(=O)N[C@@H](CCN)C(=O)N[C@@H](Cc2c[nH]c3ccccc23)C(=O)N(CC)[C@@H](C)C(=O)N1C. The van der Waals surface area contributed by atoms with Gasteiger partial charge in [-0.25, -0.2) is 4.98 Å². The number of aromatic amines is 3. The third kappa shape index (κ3) is 28.6. The Balaban J connectivity index is 1.09. The van der Waals surface area contributed by atoms with E-state index >= 15 is 38.4 Å². The molecule has 3 saturated heterocycles. The fraction of sp³-hybridized carbons (Fsp3) is 0.533. The van der Waals surface area contributed by atoms with Crippen molar-refractivity contribution in [2.45, 2.75) is 242 Å². The number of benzene rings is 3. The molecular weight excluding hydrogens is 1740 g/mol. The van der Waals surface area contributed by atoms with Gasteiger partial charge < -0.3 is 109 Å². The van der Waals surface area contributed by atoms with Crippen LogP contribution in [-0.2, 0) is 112 Å². The predicted molar refractivity (Wildman–Crippen MR) is 488 cm³/mol. The summed E-state index contributed by atoms with van der Waals surface area (Å²) in [6.07, 6.45) is -0.524. The molecule has 0 unspecified atom stereocenters. The van der Waals surface area contributed by atoms with Crippen molar-refractivity contribution < 1.29 is 102 Å². The van der Waals surface area contributed by atoms with Gasteiger partial charge in [0.2, 0.25) is 82.7 Å². The number of carboxylic acids is 1. The molecule has 3 fully saturated rings. The van der Waals surface area contributed by atoms with Gasteiger partial charge in [-0.2, -0.15) is 11.8 Å². The summed E-state index contributed by atoms with van der Waals surface area (Å²) < 4.78 is 0. The fourth-order valence-corrected chi connectivity index (χ4v) is 18.2. The number of Topliss-reactive ketones (excluding diaryl/α,β-unsaturated/α-hetero) is 3. The van der Waals surface area contributed by atoms with Gasteiger partial charge in [-0.15, -0.1) is 0 Å². The summed E-state index contributed by atoms with van der Waals surface area (Å²) in [7, 11) is 2.64. The lowest BCUT2D eigenvalue weighted by molar-refractivity contribution is -0.149. The van der Waals surface area contributed by atoms with E-state index in [2.05, 4.69) is 57.2 Å². The third-order valence-electron chi connectivity index (χ3n) is 24.6. The number of nitrogens with one attached hydrogen (secondary N) is 10. The Morgan fingerprint density at radius 1 is 0.571 bits per heavy atom. The quantitative estimate of drug-likeness (QED) is 0.0374. The van der Waals surface area contributed by atoms with Crippen LogP contribution < -0.4 is 54.4 Å². The number of H-pyrrole nitrogens is 3. The van der Waals surface area contributed by atoms with Crippen molar-refractivity contribution in [1.82, 2.24) is 81.7 Å². The lowest BCUT2D eigenvalue weighted by Crippen LogP contribution is -2.61. The Morgan fingerprint density at radius 3 is 1.75 bits per heavy atom. The van der Waals surface area contributed by atoms with E-state index in [1.54, 1.807) is 81.7 Å². The maximum absolute atomic E-state index is 15.7. The van der Waals surface area contributed by atoms with E-state index in [-0.39, 0.29) is 101 Å². The van der Waals surface area contributed by atoms with E-state index in [0.717, 1.165) is 26.5 Å². The maximum atomic E-state index is 15.7. The number of aliphatic carboxylic acids is 1. The first-order chi connectivity index (χ1) is 63.3. The van der Waals surface area contributed by atoms with E-state index in [9.17, 15) is 63.3 Å². The number of carbonyl (C=O) groups is 18. The normalized spacial score (nSPS) is 25.1. The number of ketones is 3. The van der Waals surface area contributed by atoms with E-state index in [4.69, 9.17) is 17.2 Å². The number of para-hydroxylation sites is 2. The number of thioether (sulfide) groups is 1. The number of nitrogens with zero attached hydrogens (tertiary/aromatic N) is 6. The molecule has 15 atom stereocenters. The molecule has 19 N–H and O–H groups in total. The van der Waals surface area contributed by atoms with Crippen LogP contribution in [0.4, 0.5) is 0 Å². The highest BCUT2D eigenvalue weighted by Crippen LogP contribution is 2.30. The molecule has 720 valence electrons. The van der Waals surface area contributed by atoms with Gasteiger partial charge in [-0.05, 0) is 113 Å². The van der Waals surface area contributed by atoms with Crippen LogP contribution in [0.3, 0.4) is 0 Å². The minimum Gasteiger partial charge on any atom is -0.508 e. The molecule has 41 heteroatoms. The molecule has 0 bridgehead atoms. The van der Waals surface area contributed by atoms with Crippen LogP contribution in [0, 0.1) is 17.8 Å². The maximum Gasteiger partial charge on any atom is 0.303 e. The van der Waals surface area contributed by atoms with Gasteiger partial charge in [0.25, 0.3) is 0 Å². The van der Waals surface area contributed by atoms with Crippen molar-refractivity contribution in [1.29, 1.82) is 0 Å². The summed E-state index contributed by atoms with van der Waals surface area (Å²) in [5.41, 5.74) is 20.5. The number of nitrogens with two attached hydrogens (primary N) is 3. The highest BCUT2D eigenvalue weighted by molar-refractivity contribution is 7.99. The number of aromatic nitrogens is 4. The van der Waals surface area contributed by atoms with Crippen molar-refractivity contribution in [3.8, 4) is 5.75 Å². The number of likely N-dealkylation sites (N-methyl/N-ethyl adjacent to an activating group) is 3. The average Bonchev–Trinajstić information content (AvgIpc) is 1.49. The highest BCUT2D eigenvalue weighted by atomic mass is 32.2. The molecule has 3 aliphatic rings. The van der Waals surface area contributed by atoms with Crippen LogP contribution in [0.2, 0.25) is 0 Å². The van der Waals surface area contributed by atoms with E-state index in [0.29, 0.717) is 51.3 Å². The average molecular weight is 1870 g/mol. The van der Waals surface area contributed by atoms with E-state index < -0.39 is 260 Å². The lowest BCUT2D eigenvalue weighted by atomic mass is 9.90. The molecule has 0 saturated carbocycles. The Labute approximate surface area is 773 Å². The molecule has 3 aliphatic heterocycles. The highest BCUT2D eigenvalue weighted by Gasteiger charge is 2.47. The van der Waals surface area contributed by atoms with Gasteiger partial charge in [0.15, 0.2) is 11.6 Å². The third-order valence-corrected chi connectivity index (χ3v) is 25.7. The first-order valence-electron chi connectivity index (χ1n) is 45.0. The summed E-state index contributed by atoms with van der Waals surface area (Å²) in [5, 5.41) is 52.2. The molecule has 14 amide bonds. The first kappa shape index (κ1) is 104. The zero-order valence-electron chi connectivity index (χ0n) is 76.2. The number of fused-ring (bicyclic) bond motifs is 4. The number of aliphatic hydroxyl groups excluding tert-OH is 1. The predicted octanol–water partition coefficient (Wildman–Crippen LogP) is 0.663. The summed E-state index contributed by atoms with van der Waals surface area (Å²) in [6, 6.07) is 1.71. The molecule has 0 aliphatic carbocycles. The fourth-order valence-electron chi connectivity index (χ4n) is 17.2. The number of carboxylic acid groups (broad SMARTS) is 1. The number of imidazole rings is 1. The topological polar surface area (TPSA) is 607 Å². The van der Waals surface area contributed by atoms with Crippen molar-refractivity contribution in [3.63, 3.8) is 0 Å². The zero-order chi connectivity index (χ0) is 97.2. The van der Waals surface area contributed by atoms with Crippen LogP contribution in [0.1, 0.15) is 160 Å². The lowest BCUT2D eigenvalue weighted by Gasteiger charge is -2.36. The van der Waals surface area contributed by atoms with Crippen molar-refractivity contribution >= 4 is 140 Å². The second-order valence-corrected chi connectivity index (χ2v) is 35.9. The molecule has 6 heterocycles.